The SMILES string of the molecule is CC(C)N1N=C(c2ccco2)C(O)(O)C1=O. The van der Waals surface area contributed by atoms with Crippen molar-refractivity contribution >= 4 is 11.6 Å². The minimum atomic E-state index is -2.61. The lowest BCUT2D eigenvalue weighted by molar-refractivity contribution is -0.169. The van der Waals surface area contributed by atoms with Crippen molar-refractivity contribution in [2.75, 3.05) is 0 Å². The van der Waals surface area contributed by atoms with E-state index in [1.54, 1.807) is 19.9 Å². The number of rotatable bonds is 2. The molecule has 6 heteroatoms. The average molecular weight is 224 g/mol. The number of aliphatic hydroxyl groups is 2. The Balaban J connectivity index is 2.45. The fourth-order valence-electron chi connectivity index (χ4n) is 1.47. The summed E-state index contributed by atoms with van der Waals surface area (Å²) in [6.45, 7) is 3.45. The van der Waals surface area contributed by atoms with Gasteiger partial charge in [0.15, 0.2) is 11.5 Å². The fraction of sp³-hybridized carbons (Fsp3) is 0.400. The van der Waals surface area contributed by atoms with Crippen LogP contribution in [-0.4, -0.2) is 38.7 Å². The van der Waals surface area contributed by atoms with Gasteiger partial charge in [0.25, 0.3) is 5.79 Å². The fourth-order valence-corrected chi connectivity index (χ4v) is 1.47. The van der Waals surface area contributed by atoms with Crippen LogP contribution in [0, 0.1) is 0 Å². The Bertz CT molecular complexity index is 434. The maximum atomic E-state index is 11.6. The standard InChI is InChI=1S/C10H12N2O4/c1-6(2)12-9(13)10(14,15)8(11-12)7-4-3-5-16-7/h3-6,14-15H,1-2H3. The lowest BCUT2D eigenvalue weighted by Gasteiger charge is -2.18. The zero-order valence-electron chi connectivity index (χ0n) is 8.91. The number of hydrazone groups is 1. The van der Waals surface area contributed by atoms with Crippen LogP contribution in [0.25, 0.3) is 0 Å². The molecule has 2 N–H and O–H groups in total. The molecule has 0 aliphatic carbocycles. The first kappa shape index (κ1) is 10.8. The van der Waals surface area contributed by atoms with Crippen LogP contribution in [0.5, 0.6) is 0 Å². The molecule has 0 saturated heterocycles. The van der Waals surface area contributed by atoms with E-state index in [1.165, 1.54) is 12.3 Å². The second-order valence-electron chi connectivity index (χ2n) is 3.84. The number of furan rings is 1. The Morgan fingerprint density at radius 2 is 2.19 bits per heavy atom. The van der Waals surface area contributed by atoms with Crippen LogP contribution in [0.15, 0.2) is 27.9 Å². The third-order valence-corrected chi connectivity index (χ3v) is 2.29. The first-order chi connectivity index (χ1) is 7.44. The summed E-state index contributed by atoms with van der Waals surface area (Å²) < 4.78 is 5.00. The lowest BCUT2D eigenvalue weighted by atomic mass is 10.1. The van der Waals surface area contributed by atoms with Crippen LogP contribution in [0.3, 0.4) is 0 Å². The highest BCUT2D eigenvalue weighted by Gasteiger charge is 2.51. The van der Waals surface area contributed by atoms with E-state index in [1.807, 2.05) is 0 Å². The molecule has 86 valence electrons. The Kier molecular flexibility index (Phi) is 2.32. The molecule has 0 aromatic carbocycles. The molecule has 2 rings (SSSR count). The smallest absolute Gasteiger partial charge is 0.309 e. The van der Waals surface area contributed by atoms with Crippen molar-refractivity contribution in [1.82, 2.24) is 5.01 Å². The van der Waals surface area contributed by atoms with Gasteiger partial charge in [0.05, 0.1) is 12.3 Å². The van der Waals surface area contributed by atoms with Gasteiger partial charge in [-0.2, -0.15) is 5.10 Å². The summed E-state index contributed by atoms with van der Waals surface area (Å²) in [5.41, 5.74) is -0.184. The van der Waals surface area contributed by atoms with E-state index < -0.39 is 11.7 Å². The van der Waals surface area contributed by atoms with Gasteiger partial charge >= 0.3 is 5.91 Å². The first-order valence-electron chi connectivity index (χ1n) is 4.86. The Morgan fingerprint density at radius 1 is 1.50 bits per heavy atom. The highest BCUT2D eigenvalue weighted by atomic mass is 16.5. The summed E-state index contributed by atoms with van der Waals surface area (Å²) in [7, 11) is 0. The van der Waals surface area contributed by atoms with Gasteiger partial charge in [-0.05, 0) is 26.0 Å². The van der Waals surface area contributed by atoms with Crippen LogP contribution in [-0.2, 0) is 4.79 Å². The summed E-state index contributed by atoms with van der Waals surface area (Å²) in [4.78, 5) is 11.6. The van der Waals surface area contributed by atoms with Crippen molar-refractivity contribution in [3.63, 3.8) is 0 Å². The maximum absolute atomic E-state index is 11.6. The van der Waals surface area contributed by atoms with Crippen molar-refractivity contribution in [3.8, 4) is 0 Å². The van der Waals surface area contributed by atoms with Crippen LogP contribution in [0.1, 0.15) is 19.6 Å². The van der Waals surface area contributed by atoms with Gasteiger partial charge in [0.1, 0.15) is 0 Å². The molecule has 0 radical (unpaired) electrons. The topological polar surface area (TPSA) is 86.3 Å². The molecule has 1 amide bonds. The number of carbonyl (C=O) groups is 1. The van der Waals surface area contributed by atoms with Gasteiger partial charge in [-0.3, -0.25) is 4.79 Å². The normalized spacial score (nSPS) is 19.4. The second kappa shape index (κ2) is 3.43. The molecule has 6 nitrogen and oxygen atoms in total. The molecule has 16 heavy (non-hydrogen) atoms. The van der Waals surface area contributed by atoms with Crippen molar-refractivity contribution in [3.05, 3.63) is 24.2 Å². The minimum Gasteiger partial charge on any atom is -0.463 e. The molecule has 0 bridgehead atoms. The van der Waals surface area contributed by atoms with Crippen molar-refractivity contribution < 1.29 is 19.4 Å². The maximum Gasteiger partial charge on any atom is 0.309 e. The van der Waals surface area contributed by atoms with Crippen molar-refractivity contribution in [1.29, 1.82) is 0 Å². The van der Waals surface area contributed by atoms with Crippen molar-refractivity contribution in [2.24, 2.45) is 5.10 Å². The number of nitrogens with zero attached hydrogens (tertiary/aromatic N) is 2. The van der Waals surface area contributed by atoms with E-state index in [0.29, 0.717) is 0 Å². The third kappa shape index (κ3) is 1.43. The summed E-state index contributed by atoms with van der Waals surface area (Å²) in [6, 6.07) is 2.84. The number of amides is 1. The van der Waals surface area contributed by atoms with E-state index in [-0.39, 0.29) is 17.5 Å². The predicted molar refractivity (Wildman–Crippen MR) is 54.4 cm³/mol. The molecule has 1 aliphatic rings. The molecule has 2 heterocycles. The molecular formula is C10H12N2O4. The number of hydrogen-bond donors (Lipinski definition) is 2. The minimum absolute atomic E-state index is 0.168. The molecule has 0 atom stereocenters. The quantitative estimate of drug-likeness (QED) is 0.688. The van der Waals surface area contributed by atoms with Gasteiger partial charge in [0.2, 0.25) is 0 Å². The van der Waals surface area contributed by atoms with Gasteiger partial charge in [-0.25, -0.2) is 5.01 Å². The van der Waals surface area contributed by atoms with Crippen molar-refractivity contribution in [2.45, 2.75) is 25.7 Å². The average Bonchev–Trinajstić information content (AvgIpc) is 2.76. The van der Waals surface area contributed by atoms with E-state index in [2.05, 4.69) is 5.10 Å². The molecule has 1 aromatic heterocycles. The summed E-state index contributed by atoms with van der Waals surface area (Å²) in [5, 5.41) is 24.3. The van der Waals surface area contributed by atoms with Gasteiger partial charge in [0, 0.05) is 0 Å². The van der Waals surface area contributed by atoms with Crippen LogP contribution in [0.2, 0.25) is 0 Å². The highest BCUT2D eigenvalue weighted by Crippen LogP contribution is 2.24. The largest absolute Gasteiger partial charge is 0.463 e. The molecular weight excluding hydrogens is 212 g/mol. The van der Waals surface area contributed by atoms with Gasteiger partial charge < -0.3 is 14.6 Å². The Hall–Kier alpha value is -1.66. The lowest BCUT2D eigenvalue weighted by Crippen LogP contribution is -2.47. The molecule has 0 saturated carbocycles. The summed E-state index contributed by atoms with van der Waals surface area (Å²) in [6.07, 6.45) is 1.37. The molecule has 1 aliphatic heterocycles. The second-order valence-corrected chi connectivity index (χ2v) is 3.84. The molecule has 0 spiro atoms. The summed E-state index contributed by atoms with van der Waals surface area (Å²) >= 11 is 0. The van der Waals surface area contributed by atoms with E-state index >= 15 is 0 Å². The number of carbonyl (C=O) groups excluding carboxylic acids is 1. The third-order valence-electron chi connectivity index (χ3n) is 2.29. The number of hydrogen-bond acceptors (Lipinski definition) is 5. The van der Waals surface area contributed by atoms with Gasteiger partial charge in [-0.1, -0.05) is 0 Å². The first-order valence-corrected chi connectivity index (χ1v) is 4.86. The zero-order chi connectivity index (χ0) is 11.9. The van der Waals surface area contributed by atoms with Gasteiger partial charge in [-0.15, -0.1) is 0 Å². The summed E-state index contributed by atoms with van der Waals surface area (Å²) in [5.74, 6) is -3.31. The predicted octanol–water partition coefficient (Wildman–Crippen LogP) is -0.0848. The highest BCUT2D eigenvalue weighted by molar-refractivity contribution is 6.19. The molecule has 0 unspecified atom stereocenters. The van der Waals surface area contributed by atoms with Crippen LogP contribution in [0.4, 0.5) is 0 Å². The van der Waals surface area contributed by atoms with E-state index in [4.69, 9.17) is 4.42 Å². The zero-order valence-corrected chi connectivity index (χ0v) is 8.91. The van der Waals surface area contributed by atoms with E-state index in [0.717, 1.165) is 5.01 Å². The van der Waals surface area contributed by atoms with Crippen LogP contribution >= 0.6 is 0 Å². The Morgan fingerprint density at radius 3 is 2.62 bits per heavy atom. The van der Waals surface area contributed by atoms with Crippen LogP contribution < -0.4 is 0 Å². The van der Waals surface area contributed by atoms with E-state index in [9.17, 15) is 15.0 Å². The molecule has 1 aromatic rings. The monoisotopic (exact) mass is 224 g/mol. The Labute approximate surface area is 91.8 Å². The molecule has 0 fully saturated rings.